The molecule has 0 bridgehead atoms. The number of hydrogen-bond acceptors (Lipinski definition) is 3. The van der Waals surface area contributed by atoms with E-state index >= 15 is 0 Å². The van der Waals surface area contributed by atoms with Crippen molar-refractivity contribution in [1.82, 2.24) is 4.72 Å². The van der Waals surface area contributed by atoms with Crippen molar-refractivity contribution in [2.75, 3.05) is 6.16 Å². The highest BCUT2D eigenvalue weighted by molar-refractivity contribution is 7.89. The van der Waals surface area contributed by atoms with Crippen molar-refractivity contribution in [3.63, 3.8) is 0 Å². The molecule has 1 rings (SSSR count). The first-order valence-corrected chi connectivity index (χ1v) is 8.67. The second-order valence-electron chi connectivity index (χ2n) is 4.25. The number of hydrogen-bond donors (Lipinski definition) is 3. The van der Waals surface area contributed by atoms with E-state index in [9.17, 15) is 13.0 Å². The van der Waals surface area contributed by atoms with Crippen LogP contribution in [0.3, 0.4) is 0 Å². The molecular formula is C11H16NO5PS. The van der Waals surface area contributed by atoms with Gasteiger partial charge in [-0.3, -0.25) is 9.29 Å². The van der Waals surface area contributed by atoms with Gasteiger partial charge in [0.2, 0.25) is 0 Å². The zero-order valence-electron chi connectivity index (χ0n) is 10.6. The molecule has 19 heavy (non-hydrogen) atoms. The number of benzene rings is 1. The van der Waals surface area contributed by atoms with Gasteiger partial charge >= 0.3 is 7.60 Å². The quantitative estimate of drug-likeness (QED) is 0.712. The van der Waals surface area contributed by atoms with Crippen LogP contribution in [0.2, 0.25) is 0 Å². The summed E-state index contributed by atoms with van der Waals surface area (Å²) in [5.41, 5.74) is 1.19. The summed E-state index contributed by atoms with van der Waals surface area (Å²) in [4.78, 5) is 17.6. The predicted octanol–water partition coefficient (Wildman–Crippen LogP) is 1.35. The molecule has 0 saturated heterocycles. The molecule has 0 aliphatic rings. The fourth-order valence-electron chi connectivity index (χ4n) is 1.33. The normalized spacial score (nSPS) is 13.4. The highest BCUT2D eigenvalue weighted by Crippen LogP contribution is 2.36. The zero-order valence-corrected chi connectivity index (χ0v) is 12.3. The number of sulfonamides is 1. The van der Waals surface area contributed by atoms with Crippen LogP contribution in [0.15, 0.2) is 40.9 Å². The summed E-state index contributed by atoms with van der Waals surface area (Å²) in [5, 5.41) is 0. The van der Waals surface area contributed by atoms with E-state index < -0.39 is 23.8 Å². The van der Waals surface area contributed by atoms with Crippen molar-refractivity contribution in [1.29, 1.82) is 0 Å². The van der Waals surface area contributed by atoms with Crippen LogP contribution in [0.1, 0.15) is 12.5 Å². The lowest BCUT2D eigenvalue weighted by Gasteiger charge is -2.07. The number of rotatable bonds is 5. The van der Waals surface area contributed by atoms with Crippen LogP contribution in [-0.4, -0.2) is 24.4 Å². The Morgan fingerprint density at radius 1 is 1.32 bits per heavy atom. The molecule has 0 saturated carbocycles. The van der Waals surface area contributed by atoms with Gasteiger partial charge in [0.15, 0.2) is 0 Å². The van der Waals surface area contributed by atoms with Crippen LogP contribution in [-0.2, 0) is 14.6 Å². The van der Waals surface area contributed by atoms with E-state index in [1.165, 1.54) is 19.1 Å². The summed E-state index contributed by atoms with van der Waals surface area (Å²) in [6, 6.07) is 6.26. The van der Waals surface area contributed by atoms with Gasteiger partial charge in [0.05, 0.1) is 11.1 Å². The van der Waals surface area contributed by atoms with Crippen molar-refractivity contribution in [3.8, 4) is 0 Å². The van der Waals surface area contributed by atoms with Gasteiger partial charge in [-0.15, -0.1) is 0 Å². The molecule has 6 nitrogen and oxygen atoms in total. The topological polar surface area (TPSA) is 104 Å². The number of aryl methyl sites for hydroxylation is 1. The summed E-state index contributed by atoms with van der Waals surface area (Å²) < 4.78 is 36.7. The number of nitrogens with one attached hydrogen (secondary N) is 1. The highest BCUT2D eigenvalue weighted by atomic mass is 32.2. The van der Waals surface area contributed by atoms with Crippen molar-refractivity contribution in [2.24, 2.45) is 0 Å². The maximum absolute atomic E-state index is 11.9. The van der Waals surface area contributed by atoms with Crippen molar-refractivity contribution < 1.29 is 22.8 Å². The third-order valence-electron chi connectivity index (χ3n) is 2.25. The lowest BCUT2D eigenvalue weighted by Crippen LogP contribution is -2.18. The molecule has 3 N–H and O–H groups in total. The van der Waals surface area contributed by atoms with Crippen LogP contribution >= 0.6 is 7.60 Å². The molecule has 0 radical (unpaired) electrons. The summed E-state index contributed by atoms with van der Waals surface area (Å²) in [7, 11) is -7.89. The highest BCUT2D eigenvalue weighted by Gasteiger charge is 2.15. The standard InChI is InChI=1S/C11H16NO5PS/c1-9-3-5-11(6-4-9)19(16,17)12-7-10(2)8-18(13,14)15/h3-7,12H,8H2,1-2H3,(H2,13,14,15)/b10-7-. The molecule has 0 aliphatic heterocycles. The average molecular weight is 305 g/mol. The molecule has 0 amide bonds. The van der Waals surface area contributed by atoms with E-state index in [1.54, 1.807) is 12.1 Å². The Hall–Kier alpha value is -1.14. The van der Waals surface area contributed by atoms with Gasteiger partial charge in [-0.2, -0.15) is 0 Å². The van der Waals surface area contributed by atoms with Crippen LogP contribution in [0.25, 0.3) is 0 Å². The van der Waals surface area contributed by atoms with Gasteiger partial charge in [-0.1, -0.05) is 17.7 Å². The van der Waals surface area contributed by atoms with Crippen molar-refractivity contribution >= 4 is 17.6 Å². The minimum atomic E-state index is -4.19. The molecule has 1 aromatic rings. The van der Waals surface area contributed by atoms with Crippen LogP contribution in [0.4, 0.5) is 0 Å². The lowest BCUT2D eigenvalue weighted by molar-refractivity contribution is 0.376. The van der Waals surface area contributed by atoms with Gasteiger partial charge in [0.1, 0.15) is 0 Å². The molecule has 0 spiro atoms. The maximum Gasteiger partial charge on any atom is 0.329 e. The third-order valence-corrected chi connectivity index (χ3v) is 4.48. The van der Waals surface area contributed by atoms with Crippen LogP contribution in [0, 0.1) is 6.92 Å². The molecule has 8 heteroatoms. The Kier molecular flexibility index (Phi) is 4.92. The molecule has 0 aliphatic carbocycles. The Bertz CT molecular complexity index is 615. The van der Waals surface area contributed by atoms with Crippen molar-refractivity contribution in [3.05, 3.63) is 41.6 Å². The largest absolute Gasteiger partial charge is 0.329 e. The molecule has 1 aromatic carbocycles. The first kappa shape index (κ1) is 15.9. The SMILES string of the molecule is C/C(=C/NS(=O)(=O)c1ccc(C)cc1)CP(=O)(O)O. The van der Waals surface area contributed by atoms with Gasteiger partial charge in [-0.05, 0) is 31.6 Å². The Morgan fingerprint density at radius 3 is 2.32 bits per heavy atom. The Labute approximate surface area is 112 Å². The molecule has 0 fully saturated rings. The van der Waals surface area contributed by atoms with E-state index in [-0.39, 0.29) is 10.5 Å². The van der Waals surface area contributed by atoms with Gasteiger partial charge in [0.25, 0.3) is 10.0 Å². The first-order valence-electron chi connectivity index (χ1n) is 5.39. The molecule has 0 aromatic heterocycles. The molecule has 0 atom stereocenters. The average Bonchev–Trinajstić information content (AvgIpc) is 2.25. The fourth-order valence-corrected chi connectivity index (χ4v) is 3.06. The molecular weight excluding hydrogens is 289 g/mol. The van der Waals surface area contributed by atoms with E-state index in [1.807, 2.05) is 6.92 Å². The minimum Gasteiger partial charge on any atom is -0.324 e. The second kappa shape index (κ2) is 5.88. The molecule has 106 valence electrons. The van der Waals surface area contributed by atoms with Gasteiger partial charge in [-0.25, -0.2) is 8.42 Å². The van der Waals surface area contributed by atoms with E-state index in [2.05, 4.69) is 4.72 Å². The Morgan fingerprint density at radius 2 is 1.84 bits per heavy atom. The lowest BCUT2D eigenvalue weighted by atomic mass is 10.2. The minimum absolute atomic E-state index is 0.0957. The fraction of sp³-hybridized carbons (Fsp3) is 0.273. The van der Waals surface area contributed by atoms with Crippen LogP contribution < -0.4 is 4.72 Å². The molecule has 0 heterocycles. The summed E-state index contributed by atoms with van der Waals surface area (Å²) in [5.74, 6) is 0. The monoisotopic (exact) mass is 305 g/mol. The van der Waals surface area contributed by atoms with Crippen molar-refractivity contribution in [2.45, 2.75) is 18.7 Å². The smallest absolute Gasteiger partial charge is 0.324 e. The van der Waals surface area contributed by atoms with Gasteiger partial charge in [0, 0.05) is 6.20 Å². The summed E-state index contributed by atoms with van der Waals surface area (Å²) in [6.07, 6.45) is 0.609. The zero-order chi connectivity index (χ0) is 14.7. The van der Waals surface area contributed by atoms with E-state index in [4.69, 9.17) is 9.79 Å². The molecule has 0 unspecified atom stereocenters. The first-order chi connectivity index (χ1) is 8.60. The van der Waals surface area contributed by atoms with E-state index in [0.29, 0.717) is 0 Å². The number of allylic oxidation sites excluding steroid dienone is 1. The maximum atomic E-state index is 11.9. The Balaban J connectivity index is 2.84. The predicted molar refractivity (Wildman–Crippen MR) is 72.2 cm³/mol. The summed E-state index contributed by atoms with van der Waals surface area (Å²) >= 11 is 0. The summed E-state index contributed by atoms with van der Waals surface area (Å²) in [6.45, 7) is 3.28. The van der Waals surface area contributed by atoms with Crippen LogP contribution in [0.5, 0.6) is 0 Å². The van der Waals surface area contributed by atoms with Gasteiger partial charge < -0.3 is 9.79 Å². The third kappa shape index (κ3) is 5.57. The second-order valence-corrected chi connectivity index (χ2v) is 7.61. The van der Waals surface area contributed by atoms with E-state index in [0.717, 1.165) is 11.8 Å².